The maximum atomic E-state index is 13.3. The molecule has 2 aromatic rings. The van der Waals surface area contributed by atoms with E-state index >= 15 is 0 Å². The molecule has 10 heteroatoms. The second-order valence-electron chi connectivity index (χ2n) is 7.28. The van der Waals surface area contributed by atoms with Crippen molar-refractivity contribution in [2.24, 2.45) is 5.41 Å². The number of fused-ring (bicyclic) bond motifs is 1. The van der Waals surface area contributed by atoms with Crippen molar-refractivity contribution in [2.75, 3.05) is 30.0 Å². The van der Waals surface area contributed by atoms with Crippen molar-refractivity contribution in [2.45, 2.75) is 25.7 Å². The smallest absolute Gasteiger partial charge is 0.380 e. The topological polar surface area (TPSA) is 72.3 Å². The number of ether oxygens (including phenoxy) is 1. The lowest BCUT2D eigenvalue weighted by Crippen LogP contribution is -2.51. The SMILES string of the molecule is CC1(Cn2cc(C(=O)N3CC(C(F)(F)F)Nc4ccccc43)nn2)COC1. The number of rotatable bonds is 3. The summed E-state index contributed by atoms with van der Waals surface area (Å²) in [6.45, 7) is 3.21. The first-order chi connectivity index (χ1) is 12.8. The predicted octanol–water partition coefficient (Wildman–Crippen LogP) is 2.32. The molecular formula is C17H18F3N5O2. The van der Waals surface area contributed by atoms with E-state index in [-0.39, 0.29) is 16.8 Å². The van der Waals surface area contributed by atoms with Gasteiger partial charge in [0.25, 0.3) is 5.91 Å². The molecule has 0 spiro atoms. The number of carbonyl (C=O) groups excluding carboxylic acids is 1. The molecule has 0 saturated carbocycles. The Labute approximate surface area is 153 Å². The summed E-state index contributed by atoms with van der Waals surface area (Å²) in [4.78, 5) is 14.0. The second-order valence-corrected chi connectivity index (χ2v) is 7.28. The summed E-state index contributed by atoms with van der Waals surface area (Å²) in [5, 5.41) is 10.3. The van der Waals surface area contributed by atoms with Gasteiger partial charge in [0.1, 0.15) is 6.04 Å². The molecule has 1 fully saturated rings. The first-order valence-corrected chi connectivity index (χ1v) is 8.47. The fourth-order valence-corrected chi connectivity index (χ4v) is 3.27. The molecule has 3 heterocycles. The van der Waals surface area contributed by atoms with Crippen LogP contribution in [0.1, 0.15) is 17.4 Å². The zero-order chi connectivity index (χ0) is 19.2. The van der Waals surface area contributed by atoms with Gasteiger partial charge in [-0.2, -0.15) is 13.2 Å². The number of aromatic nitrogens is 3. The van der Waals surface area contributed by atoms with E-state index in [9.17, 15) is 18.0 Å². The molecule has 4 rings (SSSR count). The number of halogens is 3. The van der Waals surface area contributed by atoms with Gasteiger partial charge in [-0.05, 0) is 12.1 Å². The monoisotopic (exact) mass is 381 g/mol. The van der Waals surface area contributed by atoms with Gasteiger partial charge in [0.05, 0.1) is 43.9 Å². The second kappa shape index (κ2) is 6.22. The number of hydrogen-bond donors (Lipinski definition) is 1. The molecule has 2 aliphatic rings. The normalized spacial score (nSPS) is 21.2. The Kier molecular flexibility index (Phi) is 4.10. The number of nitrogens with zero attached hydrogens (tertiary/aromatic N) is 4. The van der Waals surface area contributed by atoms with Crippen molar-refractivity contribution >= 4 is 17.3 Å². The summed E-state index contributed by atoms with van der Waals surface area (Å²) in [5.41, 5.74) is 0.580. The number of anilines is 2. The Bertz CT molecular complexity index is 862. The van der Waals surface area contributed by atoms with Gasteiger partial charge < -0.3 is 15.0 Å². The van der Waals surface area contributed by atoms with Crippen LogP contribution in [0.3, 0.4) is 0 Å². The van der Waals surface area contributed by atoms with Crippen LogP contribution in [-0.4, -0.2) is 52.9 Å². The van der Waals surface area contributed by atoms with Gasteiger partial charge in [0.15, 0.2) is 5.69 Å². The Morgan fingerprint density at radius 2 is 2.11 bits per heavy atom. The molecule has 144 valence electrons. The van der Waals surface area contributed by atoms with E-state index in [1.165, 1.54) is 16.9 Å². The van der Waals surface area contributed by atoms with E-state index in [4.69, 9.17) is 4.74 Å². The highest BCUT2D eigenvalue weighted by Crippen LogP contribution is 2.36. The molecule has 1 unspecified atom stereocenters. The average Bonchev–Trinajstić information content (AvgIpc) is 3.06. The molecule has 1 aromatic heterocycles. The van der Waals surface area contributed by atoms with E-state index in [1.807, 2.05) is 6.92 Å². The van der Waals surface area contributed by atoms with Crippen molar-refractivity contribution in [1.82, 2.24) is 15.0 Å². The number of hydrogen-bond acceptors (Lipinski definition) is 5. The first kappa shape index (κ1) is 17.8. The number of nitrogens with one attached hydrogen (secondary N) is 1. The molecule has 1 amide bonds. The Morgan fingerprint density at radius 3 is 2.78 bits per heavy atom. The fraction of sp³-hybridized carbons (Fsp3) is 0.471. The minimum Gasteiger partial charge on any atom is -0.380 e. The van der Waals surface area contributed by atoms with E-state index in [0.29, 0.717) is 25.4 Å². The van der Waals surface area contributed by atoms with Crippen LogP contribution in [0.2, 0.25) is 0 Å². The van der Waals surface area contributed by atoms with Crippen molar-refractivity contribution < 1.29 is 22.7 Å². The summed E-state index contributed by atoms with van der Waals surface area (Å²) in [6, 6.07) is 4.55. The van der Waals surface area contributed by atoms with Crippen molar-refractivity contribution in [3.8, 4) is 0 Å². The summed E-state index contributed by atoms with van der Waals surface area (Å²) < 4.78 is 46.5. The lowest BCUT2D eigenvalue weighted by Gasteiger charge is -2.37. The highest BCUT2D eigenvalue weighted by atomic mass is 19.4. The zero-order valence-electron chi connectivity index (χ0n) is 14.5. The quantitative estimate of drug-likeness (QED) is 0.884. The Hall–Kier alpha value is -2.62. The molecular weight excluding hydrogens is 363 g/mol. The maximum absolute atomic E-state index is 13.3. The van der Waals surface area contributed by atoms with Gasteiger partial charge >= 0.3 is 6.18 Å². The van der Waals surface area contributed by atoms with Gasteiger partial charge in [-0.25, -0.2) is 0 Å². The van der Waals surface area contributed by atoms with Gasteiger partial charge in [0.2, 0.25) is 0 Å². The molecule has 1 atom stereocenters. The standard InChI is InChI=1S/C17H18F3N5O2/c1-16(9-27-10-16)8-24-6-12(22-23-24)15(26)25-7-14(17(18,19)20)21-11-4-2-3-5-13(11)25/h2-6,14,21H,7-10H2,1H3. The summed E-state index contributed by atoms with van der Waals surface area (Å²) >= 11 is 0. The minimum absolute atomic E-state index is 0.0106. The lowest BCUT2D eigenvalue weighted by atomic mass is 9.89. The minimum atomic E-state index is -4.48. The van der Waals surface area contributed by atoms with Crippen LogP contribution in [0.25, 0.3) is 0 Å². The molecule has 7 nitrogen and oxygen atoms in total. The molecule has 0 aliphatic carbocycles. The predicted molar refractivity (Wildman–Crippen MR) is 90.5 cm³/mol. The largest absolute Gasteiger partial charge is 0.410 e. The van der Waals surface area contributed by atoms with Crippen LogP contribution in [0.4, 0.5) is 24.5 Å². The van der Waals surface area contributed by atoms with Crippen LogP contribution in [0.15, 0.2) is 30.5 Å². The summed E-state index contributed by atoms with van der Waals surface area (Å²) in [7, 11) is 0. The lowest BCUT2D eigenvalue weighted by molar-refractivity contribution is -0.140. The summed E-state index contributed by atoms with van der Waals surface area (Å²) in [6.07, 6.45) is -3.01. The number of benzene rings is 1. The fourth-order valence-electron chi connectivity index (χ4n) is 3.27. The van der Waals surface area contributed by atoms with Crippen LogP contribution < -0.4 is 10.2 Å². The number of para-hydroxylation sites is 2. The maximum Gasteiger partial charge on any atom is 0.410 e. The van der Waals surface area contributed by atoms with E-state index < -0.39 is 24.7 Å². The molecule has 27 heavy (non-hydrogen) atoms. The van der Waals surface area contributed by atoms with E-state index in [2.05, 4.69) is 15.6 Å². The van der Waals surface area contributed by atoms with Crippen molar-refractivity contribution in [1.29, 1.82) is 0 Å². The van der Waals surface area contributed by atoms with Crippen LogP contribution in [0.5, 0.6) is 0 Å². The molecule has 1 saturated heterocycles. The summed E-state index contributed by atoms with van der Waals surface area (Å²) in [5.74, 6) is -0.612. The van der Waals surface area contributed by atoms with E-state index in [1.54, 1.807) is 18.2 Å². The molecule has 0 radical (unpaired) electrons. The third-order valence-electron chi connectivity index (χ3n) is 4.73. The van der Waals surface area contributed by atoms with Gasteiger partial charge in [-0.15, -0.1) is 5.10 Å². The number of alkyl halides is 3. The van der Waals surface area contributed by atoms with Gasteiger partial charge in [-0.1, -0.05) is 24.3 Å². The number of carbonyl (C=O) groups is 1. The van der Waals surface area contributed by atoms with Crippen molar-refractivity contribution in [3.05, 3.63) is 36.2 Å². The Balaban J connectivity index is 1.59. The van der Waals surface area contributed by atoms with Crippen LogP contribution >= 0.6 is 0 Å². The van der Waals surface area contributed by atoms with Gasteiger partial charge in [-0.3, -0.25) is 9.48 Å². The molecule has 2 aliphatic heterocycles. The Morgan fingerprint density at radius 1 is 1.37 bits per heavy atom. The van der Waals surface area contributed by atoms with Crippen molar-refractivity contribution in [3.63, 3.8) is 0 Å². The highest BCUT2D eigenvalue weighted by Gasteiger charge is 2.45. The van der Waals surface area contributed by atoms with Crippen LogP contribution in [-0.2, 0) is 11.3 Å². The number of amides is 1. The average molecular weight is 381 g/mol. The van der Waals surface area contributed by atoms with Crippen LogP contribution in [0, 0.1) is 5.41 Å². The third kappa shape index (κ3) is 3.36. The molecule has 1 aromatic carbocycles. The molecule has 1 N–H and O–H groups in total. The zero-order valence-corrected chi connectivity index (χ0v) is 14.5. The molecule has 0 bridgehead atoms. The highest BCUT2D eigenvalue weighted by molar-refractivity contribution is 6.07. The first-order valence-electron chi connectivity index (χ1n) is 8.47. The van der Waals surface area contributed by atoms with Gasteiger partial charge in [0, 0.05) is 5.41 Å². The van der Waals surface area contributed by atoms with E-state index in [0.717, 1.165) is 4.90 Å². The third-order valence-corrected chi connectivity index (χ3v) is 4.73.